The monoisotopic (exact) mass is 335 g/mol. The Morgan fingerprint density at radius 3 is 3.00 bits per heavy atom. The highest BCUT2D eigenvalue weighted by molar-refractivity contribution is 5.89. The van der Waals surface area contributed by atoms with Crippen LogP contribution in [-0.4, -0.2) is 40.7 Å². The van der Waals surface area contributed by atoms with Crippen molar-refractivity contribution in [2.24, 2.45) is 5.92 Å². The molecule has 0 radical (unpaired) electrons. The second-order valence-electron chi connectivity index (χ2n) is 6.11. The van der Waals surface area contributed by atoms with Crippen molar-refractivity contribution < 1.29 is 9.90 Å². The zero-order chi connectivity index (χ0) is 17.5. The Morgan fingerprint density at radius 1 is 1.28 bits per heavy atom. The number of likely N-dealkylation sites (tertiary alicyclic amines) is 1. The van der Waals surface area contributed by atoms with Crippen LogP contribution >= 0.6 is 0 Å². The lowest BCUT2D eigenvalue weighted by molar-refractivity contribution is 0.136. The first kappa shape index (κ1) is 17.0. The molecule has 1 aliphatic rings. The lowest BCUT2D eigenvalue weighted by Gasteiger charge is -2.31. The van der Waals surface area contributed by atoms with Gasteiger partial charge in [0.1, 0.15) is 5.69 Å². The molecule has 25 heavy (non-hydrogen) atoms. The highest BCUT2D eigenvalue weighted by Gasteiger charge is 2.23. The number of carbonyl (C=O) groups is 1. The fraction of sp³-hybridized carbons (Fsp3) is 0.300. The lowest BCUT2D eigenvalue weighted by Crippen LogP contribution is -2.43. The van der Waals surface area contributed by atoms with E-state index in [1.807, 2.05) is 42.5 Å². The minimum Gasteiger partial charge on any atom is -0.396 e. The number of carbonyl (C=O) groups excluding carboxylic acids is 1. The molecular formula is C20H21N3O2. The summed E-state index contributed by atoms with van der Waals surface area (Å²) in [6.45, 7) is 1.45. The van der Waals surface area contributed by atoms with Gasteiger partial charge in [0.25, 0.3) is 0 Å². The third-order valence-electron chi connectivity index (χ3n) is 4.18. The number of aromatic nitrogens is 1. The van der Waals surface area contributed by atoms with Crippen LogP contribution in [0.3, 0.4) is 0 Å². The number of aliphatic hydroxyl groups excluding tert-OH is 1. The van der Waals surface area contributed by atoms with Crippen molar-refractivity contribution in [3.05, 3.63) is 59.9 Å². The molecule has 2 aromatic rings. The van der Waals surface area contributed by atoms with Gasteiger partial charge in [0.2, 0.25) is 0 Å². The predicted octanol–water partition coefficient (Wildman–Crippen LogP) is 2.72. The molecule has 2 heterocycles. The van der Waals surface area contributed by atoms with Crippen molar-refractivity contribution in [2.75, 3.05) is 25.0 Å². The zero-order valence-corrected chi connectivity index (χ0v) is 14.0. The predicted molar refractivity (Wildman–Crippen MR) is 97.1 cm³/mol. The third kappa shape index (κ3) is 4.82. The minimum absolute atomic E-state index is 0.127. The summed E-state index contributed by atoms with van der Waals surface area (Å²) in [5.41, 5.74) is 2.24. The van der Waals surface area contributed by atoms with E-state index in [2.05, 4.69) is 22.1 Å². The van der Waals surface area contributed by atoms with E-state index in [-0.39, 0.29) is 18.6 Å². The summed E-state index contributed by atoms with van der Waals surface area (Å²) in [4.78, 5) is 18.3. The van der Waals surface area contributed by atoms with E-state index in [1.165, 1.54) is 0 Å². The van der Waals surface area contributed by atoms with Gasteiger partial charge in [-0.15, -0.1) is 0 Å². The van der Waals surface area contributed by atoms with Crippen molar-refractivity contribution in [3.63, 3.8) is 0 Å². The molecule has 5 nitrogen and oxygen atoms in total. The average molecular weight is 335 g/mol. The van der Waals surface area contributed by atoms with Crippen LogP contribution in [0.1, 0.15) is 24.1 Å². The topological polar surface area (TPSA) is 65.5 Å². The van der Waals surface area contributed by atoms with E-state index >= 15 is 0 Å². The summed E-state index contributed by atoms with van der Waals surface area (Å²) in [7, 11) is 0. The highest BCUT2D eigenvalue weighted by Crippen LogP contribution is 2.17. The maximum Gasteiger partial charge on any atom is 0.321 e. The van der Waals surface area contributed by atoms with Gasteiger partial charge in [-0.3, -0.25) is 0 Å². The van der Waals surface area contributed by atoms with Gasteiger partial charge in [0.15, 0.2) is 0 Å². The Labute approximate surface area is 147 Å². The van der Waals surface area contributed by atoms with Crippen LogP contribution in [0, 0.1) is 17.8 Å². The molecule has 1 unspecified atom stereocenters. The smallest absolute Gasteiger partial charge is 0.321 e. The van der Waals surface area contributed by atoms with Gasteiger partial charge >= 0.3 is 6.03 Å². The summed E-state index contributed by atoms with van der Waals surface area (Å²) in [5, 5.41) is 12.2. The third-order valence-corrected chi connectivity index (χ3v) is 4.18. The van der Waals surface area contributed by atoms with Gasteiger partial charge in [-0.05, 0) is 55.0 Å². The number of amides is 2. The van der Waals surface area contributed by atoms with E-state index in [4.69, 9.17) is 0 Å². The van der Waals surface area contributed by atoms with Crippen LogP contribution < -0.4 is 5.32 Å². The van der Waals surface area contributed by atoms with Gasteiger partial charge in [-0.25, -0.2) is 9.78 Å². The maximum absolute atomic E-state index is 12.4. The first-order valence-corrected chi connectivity index (χ1v) is 8.44. The van der Waals surface area contributed by atoms with Gasteiger partial charge < -0.3 is 15.3 Å². The molecule has 128 valence electrons. The average Bonchev–Trinajstić information content (AvgIpc) is 2.67. The number of hydrogen-bond acceptors (Lipinski definition) is 3. The Balaban J connectivity index is 1.65. The fourth-order valence-electron chi connectivity index (χ4n) is 2.85. The number of urea groups is 1. The van der Waals surface area contributed by atoms with Crippen LogP contribution in [-0.2, 0) is 0 Å². The molecule has 1 aliphatic heterocycles. The quantitative estimate of drug-likeness (QED) is 0.830. The molecule has 1 aromatic heterocycles. The Hall–Kier alpha value is -2.84. The van der Waals surface area contributed by atoms with Crippen molar-refractivity contribution in [3.8, 4) is 11.8 Å². The maximum atomic E-state index is 12.4. The summed E-state index contributed by atoms with van der Waals surface area (Å²) >= 11 is 0. The SMILES string of the molecule is O=C(Nc1cccc(C#Cc2ccccn2)c1)N1CCCC(CO)C1. The summed E-state index contributed by atoms with van der Waals surface area (Å²) < 4.78 is 0. The van der Waals surface area contributed by atoms with Crippen molar-refractivity contribution in [1.82, 2.24) is 9.88 Å². The molecule has 0 aliphatic carbocycles. The molecule has 1 atom stereocenters. The van der Waals surface area contributed by atoms with Crippen molar-refractivity contribution in [1.29, 1.82) is 0 Å². The van der Waals surface area contributed by atoms with Crippen molar-refractivity contribution in [2.45, 2.75) is 12.8 Å². The molecule has 2 amide bonds. The number of nitrogens with one attached hydrogen (secondary N) is 1. The van der Waals surface area contributed by atoms with E-state index in [9.17, 15) is 9.90 Å². The number of nitrogens with zero attached hydrogens (tertiary/aromatic N) is 2. The number of benzene rings is 1. The normalized spacial score (nSPS) is 16.7. The van der Waals surface area contributed by atoms with Crippen LogP contribution in [0.15, 0.2) is 48.7 Å². The standard InChI is InChI=1S/C20H21N3O2/c24-15-17-6-4-12-23(14-17)20(25)22-19-8-3-5-16(13-19)9-10-18-7-1-2-11-21-18/h1-3,5,7-8,11,13,17,24H,4,6,12,14-15H2,(H,22,25). The fourth-order valence-corrected chi connectivity index (χ4v) is 2.85. The molecular weight excluding hydrogens is 314 g/mol. The molecule has 1 fully saturated rings. The van der Waals surface area contributed by atoms with Crippen LogP contribution in [0.4, 0.5) is 10.5 Å². The van der Waals surface area contributed by atoms with Gasteiger partial charge in [-0.2, -0.15) is 0 Å². The van der Waals surface area contributed by atoms with Gasteiger partial charge in [0.05, 0.1) is 0 Å². The Bertz CT molecular complexity index is 780. The second kappa shape index (κ2) is 8.32. The molecule has 1 saturated heterocycles. The molecule has 5 heteroatoms. The van der Waals surface area contributed by atoms with E-state index < -0.39 is 0 Å². The van der Waals surface area contributed by atoms with E-state index in [0.717, 1.165) is 24.9 Å². The van der Waals surface area contributed by atoms with Crippen LogP contribution in [0.25, 0.3) is 0 Å². The molecule has 0 saturated carbocycles. The van der Waals surface area contributed by atoms with Crippen LogP contribution in [0.2, 0.25) is 0 Å². The highest BCUT2D eigenvalue weighted by atomic mass is 16.3. The van der Waals surface area contributed by atoms with E-state index in [0.29, 0.717) is 17.9 Å². The lowest BCUT2D eigenvalue weighted by atomic mass is 9.99. The zero-order valence-electron chi connectivity index (χ0n) is 14.0. The van der Waals surface area contributed by atoms with Gasteiger partial charge in [0, 0.05) is 37.1 Å². The van der Waals surface area contributed by atoms with Crippen LogP contribution in [0.5, 0.6) is 0 Å². The Kier molecular flexibility index (Phi) is 5.65. The summed E-state index contributed by atoms with van der Waals surface area (Å²) in [5.74, 6) is 6.24. The number of anilines is 1. The number of piperidine rings is 1. The number of pyridine rings is 1. The molecule has 3 rings (SSSR count). The second-order valence-corrected chi connectivity index (χ2v) is 6.11. The molecule has 0 bridgehead atoms. The molecule has 0 spiro atoms. The molecule has 1 aromatic carbocycles. The summed E-state index contributed by atoms with van der Waals surface area (Å²) in [6.07, 6.45) is 3.60. The summed E-state index contributed by atoms with van der Waals surface area (Å²) in [6, 6.07) is 12.9. The number of rotatable bonds is 2. The minimum atomic E-state index is -0.131. The number of aliphatic hydroxyl groups is 1. The first-order valence-electron chi connectivity index (χ1n) is 8.44. The number of hydrogen-bond donors (Lipinski definition) is 2. The first-order chi connectivity index (χ1) is 12.2. The van der Waals surface area contributed by atoms with E-state index in [1.54, 1.807) is 11.1 Å². The van der Waals surface area contributed by atoms with Crippen molar-refractivity contribution >= 4 is 11.7 Å². The molecule has 2 N–H and O–H groups in total. The Morgan fingerprint density at radius 2 is 2.20 bits per heavy atom. The largest absolute Gasteiger partial charge is 0.396 e. The van der Waals surface area contributed by atoms with Gasteiger partial charge in [-0.1, -0.05) is 18.1 Å².